The molecule has 0 saturated heterocycles. The van der Waals surface area contributed by atoms with Crippen LogP contribution in [0.3, 0.4) is 0 Å². The highest BCUT2D eigenvalue weighted by molar-refractivity contribution is 5.76. The second-order valence-corrected chi connectivity index (χ2v) is 5.15. The summed E-state index contributed by atoms with van der Waals surface area (Å²) in [7, 11) is 0. The molecule has 5 heteroatoms. The van der Waals surface area contributed by atoms with Gasteiger partial charge in [0.05, 0.1) is 5.92 Å². The number of rotatable bonds is 4. The minimum Gasteiger partial charge on any atom is -0.481 e. The van der Waals surface area contributed by atoms with Crippen LogP contribution in [0.5, 0.6) is 0 Å². The smallest absolute Gasteiger partial charge is 0.315 e. The van der Waals surface area contributed by atoms with Crippen molar-refractivity contribution >= 4 is 12.0 Å². The summed E-state index contributed by atoms with van der Waals surface area (Å²) < 4.78 is 0. The molecule has 17 heavy (non-hydrogen) atoms. The molecule has 0 heterocycles. The van der Waals surface area contributed by atoms with Crippen LogP contribution in [0.1, 0.15) is 40.0 Å². The molecule has 0 bridgehead atoms. The molecular weight excluding hydrogens is 220 g/mol. The Kier molecular flexibility index (Phi) is 4.78. The lowest BCUT2D eigenvalue weighted by molar-refractivity contribution is -0.141. The summed E-state index contributed by atoms with van der Waals surface area (Å²) in [6.45, 7) is 5.47. The average Bonchev–Trinajstić information content (AvgIpc) is 2.62. The van der Waals surface area contributed by atoms with Crippen LogP contribution in [0.2, 0.25) is 0 Å². The Morgan fingerprint density at radius 3 is 2.41 bits per heavy atom. The van der Waals surface area contributed by atoms with Crippen molar-refractivity contribution in [2.24, 2.45) is 11.8 Å². The third kappa shape index (κ3) is 4.24. The summed E-state index contributed by atoms with van der Waals surface area (Å²) in [5, 5.41) is 14.4. The molecule has 1 aliphatic carbocycles. The zero-order chi connectivity index (χ0) is 13.0. The van der Waals surface area contributed by atoms with Crippen LogP contribution in [0.4, 0.5) is 4.79 Å². The van der Waals surface area contributed by atoms with E-state index in [4.69, 9.17) is 5.11 Å². The molecule has 4 atom stereocenters. The molecule has 0 spiro atoms. The van der Waals surface area contributed by atoms with Gasteiger partial charge in [-0.3, -0.25) is 4.79 Å². The Bertz CT molecular complexity index is 293. The molecule has 0 aromatic carbocycles. The van der Waals surface area contributed by atoms with Gasteiger partial charge in [0, 0.05) is 12.1 Å². The first-order valence-corrected chi connectivity index (χ1v) is 6.20. The van der Waals surface area contributed by atoms with Crippen LogP contribution in [-0.2, 0) is 4.79 Å². The van der Waals surface area contributed by atoms with Gasteiger partial charge in [0.15, 0.2) is 0 Å². The maximum atomic E-state index is 11.6. The van der Waals surface area contributed by atoms with Gasteiger partial charge in [-0.1, -0.05) is 6.92 Å². The van der Waals surface area contributed by atoms with Gasteiger partial charge >= 0.3 is 12.0 Å². The van der Waals surface area contributed by atoms with E-state index in [2.05, 4.69) is 17.6 Å². The van der Waals surface area contributed by atoms with Gasteiger partial charge in [-0.25, -0.2) is 4.79 Å². The van der Waals surface area contributed by atoms with Gasteiger partial charge in [0.1, 0.15) is 0 Å². The molecule has 0 aliphatic heterocycles. The van der Waals surface area contributed by atoms with E-state index in [-0.39, 0.29) is 18.1 Å². The molecule has 2 amide bonds. The van der Waals surface area contributed by atoms with Crippen LogP contribution >= 0.6 is 0 Å². The van der Waals surface area contributed by atoms with Crippen molar-refractivity contribution < 1.29 is 14.7 Å². The van der Waals surface area contributed by atoms with Crippen LogP contribution in [0.15, 0.2) is 0 Å². The predicted octanol–water partition coefficient (Wildman–Crippen LogP) is 1.58. The normalized spacial score (nSPS) is 27.2. The van der Waals surface area contributed by atoms with E-state index in [1.807, 2.05) is 0 Å². The third-order valence-corrected chi connectivity index (χ3v) is 3.53. The average molecular weight is 242 g/mol. The van der Waals surface area contributed by atoms with E-state index in [0.717, 1.165) is 19.3 Å². The lowest BCUT2D eigenvalue weighted by Gasteiger charge is -2.20. The second-order valence-electron chi connectivity index (χ2n) is 5.15. The van der Waals surface area contributed by atoms with Gasteiger partial charge in [0.25, 0.3) is 0 Å². The third-order valence-electron chi connectivity index (χ3n) is 3.53. The monoisotopic (exact) mass is 242 g/mol. The van der Waals surface area contributed by atoms with Gasteiger partial charge in [-0.15, -0.1) is 0 Å². The molecule has 0 aromatic rings. The first kappa shape index (κ1) is 13.8. The number of amides is 2. The maximum Gasteiger partial charge on any atom is 0.315 e. The number of carboxylic acid groups (broad SMARTS) is 1. The predicted molar refractivity (Wildman–Crippen MR) is 64.7 cm³/mol. The number of carbonyl (C=O) groups excluding carboxylic acids is 1. The fourth-order valence-electron chi connectivity index (χ4n) is 2.11. The topological polar surface area (TPSA) is 78.4 Å². The molecule has 1 aliphatic rings. The van der Waals surface area contributed by atoms with Crippen molar-refractivity contribution in [3.63, 3.8) is 0 Å². The first-order chi connectivity index (χ1) is 7.90. The Balaban J connectivity index is 2.31. The maximum absolute atomic E-state index is 11.6. The second kappa shape index (κ2) is 5.89. The van der Waals surface area contributed by atoms with Crippen LogP contribution < -0.4 is 10.6 Å². The van der Waals surface area contributed by atoms with Gasteiger partial charge in [-0.05, 0) is 39.0 Å². The number of carboxylic acids is 1. The van der Waals surface area contributed by atoms with E-state index >= 15 is 0 Å². The Labute approximate surface area is 102 Å². The molecule has 1 saturated carbocycles. The summed E-state index contributed by atoms with van der Waals surface area (Å²) in [6, 6.07) is -0.395. The van der Waals surface area contributed by atoms with Gasteiger partial charge in [0.2, 0.25) is 0 Å². The SMILES string of the molecule is CC1CCC(NC(=O)NC(C)C(C)C(=O)O)C1. The molecule has 1 rings (SSSR count). The minimum atomic E-state index is -0.896. The Hall–Kier alpha value is -1.26. The van der Waals surface area contributed by atoms with Gasteiger partial charge < -0.3 is 15.7 Å². The van der Waals surface area contributed by atoms with Crippen LogP contribution in [-0.4, -0.2) is 29.2 Å². The van der Waals surface area contributed by atoms with E-state index in [9.17, 15) is 9.59 Å². The molecule has 1 fully saturated rings. The highest BCUT2D eigenvalue weighted by atomic mass is 16.4. The van der Waals surface area contributed by atoms with Crippen molar-refractivity contribution in [1.29, 1.82) is 0 Å². The highest BCUT2D eigenvalue weighted by Gasteiger charge is 2.25. The molecule has 0 aromatic heterocycles. The molecule has 4 unspecified atom stereocenters. The van der Waals surface area contributed by atoms with E-state index < -0.39 is 11.9 Å². The highest BCUT2D eigenvalue weighted by Crippen LogP contribution is 2.24. The van der Waals surface area contributed by atoms with Gasteiger partial charge in [-0.2, -0.15) is 0 Å². The summed E-state index contributed by atoms with van der Waals surface area (Å²) in [5.41, 5.74) is 0. The molecule has 98 valence electrons. The minimum absolute atomic E-state index is 0.234. The molecule has 3 N–H and O–H groups in total. The fourth-order valence-corrected chi connectivity index (χ4v) is 2.11. The van der Waals surface area contributed by atoms with Crippen molar-refractivity contribution in [2.75, 3.05) is 0 Å². The van der Waals surface area contributed by atoms with E-state index in [1.165, 1.54) is 0 Å². The van der Waals surface area contributed by atoms with Crippen LogP contribution in [0, 0.1) is 11.8 Å². The molecule has 0 radical (unpaired) electrons. The van der Waals surface area contributed by atoms with Crippen LogP contribution in [0.25, 0.3) is 0 Å². The summed E-state index contributed by atoms with van der Waals surface area (Å²) in [6.07, 6.45) is 3.17. The number of aliphatic carboxylic acids is 1. The van der Waals surface area contributed by atoms with Crippen molar-refractivity contribution in [3.8, 4) is 0 Å². The summed E-state index contributed by atoms with van der Waals surface area (Å²) in [4.78, 5) is 22.4. The van der Waals surface area contributed by atoms with Crippen molar-refractivity contribution in [3.05, 3.63) is 0 Å². The zero-order valence-electron chi connectivity index (χ0n) is 10.7. The lowest BCUT2D eigenvalue weighted by atomic mass is 10.0. The number of carbonyl (C=O) groups is 2. The zero-order valence-corrected chi connectivity index (χ0v) is 10.7. The number of hydrogen-bond donors (Lipinski definition) is 3. The molecule has 5 nitrogen and oxygen atoms in total. The Morgan fingerprint density at radius 1 is 1.29 bits per heavy atom. The number of hydrogen-bond acceptors (Lipinski definition) is 2. The fraction of sp³-hybridized carbons (Fsp3) is 0.833. The quantitative estimate of drug-likeness (QED) is 0.700. The number of nitrogens with one attached hydrogen (secondary N) is 2. The van der Waals surface area contributed by atoms with Crippen molar-refractivity contribution in [1.82, 2.24) is 10.6 Å². The largest absolute Gasteiger partial charge is 0.481 e. The first-order valence-electron chi connectivity index (χ1n) is 6.20. The molecular formula is C12H22N2O3. The summed E-state index contributed by atoms with van der Waals surface area (Å²) >= 11 is 0. The van der Waals surface area contributed by atoms with Crippen molar-refractivity contribution in [2.45, 2.75) is 52.1 Å². The lowest BCUT2D eigenvalue weighted by Crippen LogP contribution is -2.47. The standard InChI is InChI=1S/C12H22N2O3/c1-7-4-5-10(6-7)14-12(17)13-9(3)8(2)11(15)16/h7-10H,4-6H2,1-3H3,(H,15,16)(H2,13,14,17). The number of urea groups is 1. The van der Waals surface area contributed by atoms with E-state index in [1.54, 1.807) is 13.8 Å². The van der Waals surface area contributed by atoms with E-state index in [0.29, 0.717) is 5.92 Å². The summed E-state index contributed by atoms with van der Waals surface area (Å²) in [5.74, 6) is -0.814. The Morgan fingerprint density at radius 2 is 1.94 bits per heavy atom.